The number of primary amides is 1. The summed E-state index contributed by atoms with van der Waals surface area (Å²) in [5.41, 5.74) is 11.9. The number of benzene rings is 2. The number of hydrogen-bond donors (Lipinski definition) is 2. The molecule has 1 aromatic heterocycles. The standard InChI is InChI=1S/C26H31N3O2/c1-4-5-14-24(25(27)30)28-17-20-15-16-23(29-26(20)31-3)22-13-9-12-21(18(22)2)19-10-7-6-8-11-19/h6-13,15-16,24,28H,4-5,14,17H2,1-3H3,(H2,27,30). The molecule has 162 valence electrons. The Morgan fingerprint density at radius 1 is 1.06 bits per heavy atom. The molecule has 5 heteroatoms. The van der Waals surface area contributed by atoms with Crippen molar-refractivity contribution < 1.29 is 9.53 Å². The number of carbonyl (C=O) groups is 1. The summed E-state index contributed by atoms with van der Waals surface area (Å²) in [7, 11) is 1.62. The lowest BCUT2D eigenvalue weighted by Gasteiger charge is -2.17. The Hall–Kier alpha value is -3.18. The van der Waals surface area contributed by atoms with Gasteiger partial charge in [0.2, 0.25) is 11.8 Å². The summed E-state index contributed by atoms with van der Waals surface area (Å²) < 4.78 is 5.57. The van der Waals surface area contributed by atoms with Gasteiger partial charge in [-0.2, -0.15) is 0 Å². The van der Waals surface area contributed by atoms with Crippen LogP contribution in [0, 0.1) is 6.92 Å². The quantitative estimate of drug-likeness (QED) is 0.493. The second-order valence-corrected chi connectivity index (χ2v) is 7.69. The van der Waals surface area contributed by atoms with E-state index in [2.05, 4.69) is 49.5 Å². The number of unbranched alkanes of at least 4 members (excludes halogenated alkanes) is 1. The van der Waals surface area contributed by atoms with E-state index in [0.717, 1.165) is 36.1 Å². The summed E-state index contributed by atoms with van der Waals surface area (Å²) in [6, 6.07) is 20.3. The van der Waals surface area contributed by atoms with Gasteiger partial charge in [0.25, 0.3) is 0 Å². The molecule has 0 aliphatic heterocycles. The molecule has 3 N–H and O–H groups in total. The van der Waals surface area contributed by atoms with Crippen LogP contribution in [0.3, 0.4) is 0 Å². The van der Waals surface area contributed by atoms with Gasteiger partial charge >= 0.3 is 0 Å². The number of carbonyl (C=O) groups excluding carboxylic acids is 1. The van der Waals surface area contributed by atoms with Crippen molar-refractivity contribution in [1.82, 2.24) is 10.3 Å². The van der Waals surface area contributed by atoms with Gasteiger partial charge in [0.1, 0.15) is 0 Å². The second-order valence-electron chi connectivity index (χ2n) is 7.69. The molecular formula is C26H31N3O2. The predicted molar refractivity (Wildman–Crippen MR) is 126 cm³/mol. The molecule has 0 fully saturated rings. The van der Waals surface area contributed by atoms with Gasteiger partial charge in [-0.25, -0.2) is 4.98 Å². The fourth-order valence-electron chi connectivity index (χ4n) is 3.76. The Morgan fingerprint density at radius 2 is 1.81 bits per heavy atom. The SMILES string of the molecule is CCCCC(NCc1ccc(-c2cccc(-c3ccccc3)c2C)nc1OC)C(N)=O. The van der Waals surface area contributed by atoms with Gasteiger partial charge < -0.3 is 15.8 Å². The third-order valence-electron chi connectivity index (χ3n) is 5.56. The maximum atomic E-state index is 11.7. The average molecular weight is 418 g/mol. The van der Waals surface area contributed by atoms with Crippen molar-refractivity contribution in [2.75, 3.05) is 7.11 Å². The van der Waals surface area contributed by atoms with Crippen LogP contribution in [0.25, 0.3) is 22.4 Å². The summed E-state index contributed by atoms with van der Waals surface area (Å²) in [6.45, 7) is 4.68. The molecule has 2 aromatic carbocycles. The largest absolute Gasteiger partial charge is 0.481 e. The summed E-state index contributed by atoms with van der Waals surface area (Å²) in [4.78, 5) is 16.5. The molecule has 0 saturated carbocycles. The van der Waals surface area contributed by atoms with Crippen LogP contribution in [-0.2, 0) is 11.3 Å². The van der Waals surface area contributed by atoms with Crippen LogP contribution in [0.15, 0.2) is 60.7 Å². The van der Waals surface area contributed by atoms with Crippen LogP contribution >= 0.6 is 0 Å². The van der Waals surface area contributed by atoms with Crippen molar-refractivity contribution in [2.45, 2.75) is 45.7 Å². The Kier molecular flexibility index (Phi) is 7.79. The van der Waals surface area contributed by atoms with Crippen molar-refractivity contribution in [3.63, 3.8) is 0 Å². The van der Waals surface area contributed by atoms with Gasteiger partial charge in [0.15, 0.2) is 0 Å². The molecule has 1 atom stereocenters. The van der Waals surface area contributed by atoms with E-state index in [4.69, 9.17) is 15.5 Å². The zero-order chi connectivity index (χ0) is 22.2. The molecule has 0 aliphatic carbocycles. The first kappa shape index (κ1) is 22.5. The van der Waals surface area contributed by atoms with Gasteiger partial charge in [0.05, 0.1) is 18.8 Å². The summed E-state index contributed by atoms with van der Waals surface area (Å²) in [5.74, 6) is 0.221. The van der Waals surface area contributed by atoms with Gasteiger partial charge in [-0.1, -0.05) is 74.4 Å². The average Bonchev–Trinajstić information content (AvgIpc) is 2.79. The molecule has 31 heavy (non-hydrogen) atoms. The van der Waals surface area contributed by atoms with Gasteiger partial charge in [0, 0.05) is 17.7 Å². The van der Waals surface area contributed by atoms with Crippen molar-refractivity contribution in [2.24, 2.45) is 5.73 Å². The second kappa shape index (κ2) is 10.7. The molecule has 1 heterocycles. The number of nitrogens with two attached hydrogens (primary N) is 1. The van der Waals surface area contributed by atoms with Crippen molar-refractivity contribution >= 4 is 5.91 Å². The Labute approximate surface area is 184 Å². The number of rotatable bonds is 10. The lowest BCUT2D eigenvalue weighted by molar-refractivity contribution is -0.120. The third-order valence-corrected chi connectivity index (χ3v) is 5.56. The highest BCUT2D eigenvalue weighted by Gasteiger charge is 2.16. The lowest BCUT2D eigenvalue weighted by Crippen LogP contribution is -2.40. The maximum absolute atomic E-state index is 11.7. The smallest absolute Gasteiger partial charge is 0.234 e. The van der Waals surface area contributed by atoms with Crippen LogP contribution in [0.1, 0.15) is 37.3 Å². The number of hydrogen-bond acceptors (Lipinski definition) is 4. The van der Waals surface area contributed by atoms with Crippen LogP contribution in [0.5, 0.6) is 5.88 Å². The molecule has 0 radical (unpaired) electrons. The van der Waals surface area contributed by atoms with Crippen molar-refractivity contribution in [3.8, 4) is 28.3 Å². The fourth-order valence-corrected chi connectivity index (χ4v) is 3.76. The number of pyridine rings is 1. The number of ether oxygens (including phenoxy) is 1. The van der Waals surface area contributed by atoms with Gasteiger partial charge in [-0.05, 0) is 36.1 Å². The number of nitrogens with one attached hydrogen (secondary N) is 1. The molecule has 1 unspecified atom stereocenters. The molecule has 0 bridgehead atoms. The van der Waals surface area contributed by atoms with E-state index in [9.17, 15) is 4.79 Å². The minimum absolute atomic E-state index is 0.328. The first-order valence-electron chi connectivity index (χ1n) is 10.8. The van der Waals surface area contributed by atoms with Crippen LogP contribution < -0.4 is 15.8 Å². The van der Waals surface area contributed by atoms with E-state index in [1.165, 1.54) is 16.7 Å². The van der Waals surface area contributed by atoms with Gasteiger partial charge in [-0.15, -0.1) is 0 Å². The molecule has 5 nitrogen and oxygen atoms in total. The van der Waals surface area contributed by atoms with E-state index in [0.29, 0.717) is 12.4 Å². The summed E-state index contributed by atoms with van der Waals surface area (Å²) >= 11 is 0. The molecular weight excluding hydrogens is 386 g/mol. The summed E-state index contributed by atoms with van der Waals surface area (Å²) in [6.07, 6.45) is 2.70. The molecule has 0 spiro atoms. The zero-order valence-corrected chi connectivity index (χ0v) is 18.5. The first-order chi connectivity index (χ1) is 15.0. The molecule has 0 aliphatic rings. The number of nitrogens with zero attached hydrogens (tertiary/aromatic N) is 1. The highest BCUT2D eigenvalue weighted by atomic mass is 16.5. The van der Waals surface area contributed by atoms with E-state index >= 15 is 0 Å². The highest BCUT2D eigenvalue weighted by molar-refractivity contribution is 5.80. The van der Waals surface area contributed by atoms with E-state index < -0.39 is 0 Å². The molecule has 3 rings (SSSR count). The topological polar surface area (TPSA) is 77.2 Å². The molecule has 1 amide bonds. The van der Waals surface area contributed by atoms with E-state index in [-0.39, 0.29) is 11.9 Å². The lowest BCUT2D eigenvalue weighted by atomic mass is 9.94. The monoisotopic (exact) mass is 417 g/mol. The minimum atomic E-state index is -0.353. The van der Waals surface area contributed by atoms with Crippen LogP contribution in [-0.4, -0.2) is 24.0 Å². The van der Waals surface area contributed by atoms with Crippen LogP contribution in [0.2, 0.25) is 0 Å². The summed E-state index contributed by atoms with van der Waals surface area (Å²) in [5, 5.41) is 3.25. The maximum Gasteiger partial charge on any atom is 0.234 e. The van der Waals surface area contributed by atoms with Crippen LogP contribution in [0.4, 0.5) is 0 Å². The fraction of sp³-hybridized carbons (Fsp3) is 0.308. The zero-order valence-electron chi connectivity index (χ0n) is 18.5. The third kappa shape index (κ3) is 5.50. The molecule has 0 saturated heterocycles. The van der Waals surface area contributed by atoms with Gasteiger partial charge in [-0.3, -0.25) is 4.79 Å². The minimum Gasteiger partial charge on any atom is -0.481 e. The highest BCUT2D eigenvalue weighted by Crippen LogP contribution is 2.32. The normalized spacial score (nSPS) is 11.8. The van der Waals surface area contributed by atoms with E-state index in [1.807, 2.05) is 30.3 Å². The van der Waals surface area contributed by atoms with E-state index in [1.54, 1.807) is 7.11 Å². The Balaban J connectivity index is 1.86. The van der Waals surface area contributed by atoms with Crippen molar-refractivity contribution in [3.05, 3.63) is 71.8 Å². The number of methoxy groups -OCH3 is 1. The van der Waals surface area contributed by atoms with Crippen molar-refractivity contribution in [1.29, 1.82) is 0 Å². The molecule has 3 aromatic rings. The Bertz CT molecular complexity index is 1020. The number of aromatic nitrogens is 1. The Morgan fingerprint density at radius 3 is 2.48 bits per heavy atom. The number of amides is 1. The first-order valence-corrected chi connectivity index (χ1v) is 10.8. The predicted octanol–water partition coefficient (Wildman–Crippen LogP) is 4.87.